The molecule has 2 N–H and O–H groups in total. The molecule has 0 fully saturated rings. The molecule has 0 aliphatic rings. The molecule has 0 atom stereocenters. The predicted molar refractivity (Wildman–Crippen MR) is 70.5 cm³/mol. The third kappa shape index (κ3) is 3.19. The zero-order chi connectivity index (χ0) is 12.3. The summed E-state index contributed by atoms with van der Waals surface area (Å²) in [5.41, 5.74) is 6.53. The Morgan fingerprint density at radius 1 is 1.47 bits per heavy atom. The molecule has 1 aromatic carbocycles. The van der Waals surface area contributed by atoms with E-state index in [1.807, 2.05) is 25.1 Å². The fourth-order valence-corrected chi connectivity index (χ4v) is 2.19. The van der Waals surface area contributed by atoms with E-state index in [4.69, 9.17) is 22.1 Å². The summed E-state index contributed by atoms with van der Waals surface area (Å²) in [7, 11) is 0. The molecule has 0 radical (unpaired) electrons. The number of aryl methyl sites for hydroxylation is 1. The van der Waals surface area contributed by atoms with Gasteiger partial charge in [0, 0.05) is 22.6 Å². The van der Waals surface area contributed by atoms with E-state index in [1.54, 1.807) is 17.5 Å². The SMILES string of the molecule is Cc1cc(OCc2ncc(CN)s2)ccc1Cl. The van der Waals surface area contributed by atoms with Crippen molar-refractivity contribution in [3.8, 4) is 5.75 Å². The summed E-state index contributed by atoms with van der Waals surface area (Å²) < 4.78 is 5.63. The van der Waals surface area contributed by atoms with Crippen LogP contribution in [0.1, 0.15) is 15.4 Å². The van der Waals surface area contributed by atoms with Gasteiger partial charge < -0.3 is 10.5 Å². The molecule has 2 aromatic rings. The van der Waals surface area contributed by atoms with Gasteiger partial charge in [0.05, 0.1) is 0 Å². The van der Waals surface area contributed by atoms with Crippen molar-refractivity contribution >= 4 is 22.9 Å². The van der Waals surface area contributed by atoms with E-state index in [-0.39, 0.29) is 0 Å². The Morgan fingerprint density at radius 3 is 2.94 bits per heavy atom. The molecule has 1 heterocycles. The van der Waals surface area contributed by atoms with Crippen molar-refractivity contribution < 1.29 is 4.74 Å². The number of hydrogen-bond donors (Lipinski definition) is 1. The first-order valence-electron chi connectivity index (χ1n) is 5.21. The van der Waals surface area contributed by atoms with E-state index in [2.05, 4.69) is 4.98 Å². The number of hydrogen-bond acceptors (Lipinski definition) is 4. The minimum absolute atomic E-state index is 0.464. The van der Waals surface area contributed by atoms with Gasteiger partial charge in [-0.15, -0.1) is 11.3 Å². The minimum Gasteiger partial charge on any atom is -0.486 e. The molecule has 0 aliphatic carbocycles. The summed E-state index contributed by atoms with van der Waals surface area (Å²) in [6.07, 6.45) is 1.79. The number of nitrogens with zero attached hydrogens (tertiary/aromatic N) is 1. The van der Waals surface area contributed by atoms with Crippen LogP contribution in [-0.4, -0.2) is 4.98 Å². The second-order valence-electron chi connectivity index (χ2n) is 3.62. The quantitative estimate of drug-likeness (QED) is 0.927. The third-order valence-corrected chi connectivity index (χ3v) is 3.71. The molecule has 3 nitrogen and oxygen atoms in total. The van der Waals surface area contributed by atoms with Crippen LogP contribution >= 0.6 is 22.9 Å². The Morgan fingerprint density at radius 2 is 2.29 bits per heavy atom. The molecule has 2 rings (SSSR count). The summed E-state index contributed by atoms with van der Waals surface area (Å²) in [6, 6.07) is 5.60. The molecular formula is C12H13ClN2OS. The van der Waals surface area contributed by atoms with Crippen molar-refractivity contribution in [3.05, 3.63) is 44.9 Å². The van der Waals surface area contributed by atoms with Gasteiger partial charge in [0.25, 0.3) is 0 Å². The van der Waals surface area contributed by atoms with Gasteiger partial charge in [-0.1, -0.05) is 11.6 Å². The van der Waals surface area contributed by atoms with Crippen molar-refractivity contribution in [1.82, 2.24) is 4.98 Å². The first-order chi connectivity index (χ1) is 8.19. The van der Waals surface area contributed by atoms with Crippen LogP contribution < -0.4 is 10.5 Å². The zero-order valence-corrected chi connectivity index (χ0v) is 11.0. The van der Waals surface area contributed by atoms with Crippen LogP contribution in [0.15, 0.2) is 24.4 Å². The smallest absolute Gasteiger partial charge is 0.140 e. The van der Waals surface area contributed by atoms with Crippen LogP contribution in [0.5, 0.6) is 5.75 Å². The number of halogens is 1. The lowest BCUT2D eigenvalue weighted by atomic mass is 10.2. The maximum Gasteiger partial charge on any atom is 0.140 e. The molecule has 0 unspecified atom stereocenters. The second-order valence-corrected chi connectivity index (χ2v) is 5.23. The van der Waals surface area contributed by atoms with Crippen LogP contribution in [0.4, 0.5) is 0 Å². The van der Waals surface area contributed by atoms with Crippen LogP contribution in [0.25, 0.3) is 0 Å². The van der Waals surface area contributed by atoms with Gasteiger partial charge in [0.1, 0.15) is 17.4 Å². The Hall–Kier alpha value is -1.10. The van der Waals surface area contributed by atoms with Crippen molar-refractivity contribution in [2.45, 2.75) is 20.1 Å². The fraction of sp³-hybridized carbons (Fsp3) is 0.250. The molecule has 0 bridgehead atoms. The highest BCUT2D eigenvalue weighted by atomic mass is 35.5. The molecule has 0 saturated heterocycles. The lowest BCUT2D eigenvalue weighted by molar-refractivity contribution is 0.305. The van der Waals surface area contributed by atoms with Crippen molar-refractivity contribution in [1.29, 1.82) is 0 Å². The molecule has 90 valence electrons. The van der Waals surface area contributed by atoms with E-state index in [9.17, 15) is 0 Å². The summed E-state index contributed by atoms with van der Waals surface area (Å²) in [5.74, 6) is 0.802. The first-order valence-corrected chi connectivity index (χ1v) is 6.41. The average molecular weight is 269 g/mol. The molecule has 1 aromatic heterocycles. The first kappa shape index (κ1) is 12.4. The number of ether oxygens (including phenoxy) is 1. The molecule has 0 aliphatic heterocycles. The highest BCUT2D eigenvalue weighted by molar-refractivity contribution is 7.11. The van der Waals surface area contributed by atoms with Crippen LogP contribution in [-0.2, 0) is 13.2 Å². The van der Waals surface area contributed by atoms with Gasteiger partial charge >= 0.3 is 0 Å². The summed E-state index contributed by atoms with van der Waals surface area (Å²) in [4.78, 5) is 5.30. The van der Waals surface area contributed by atoms with Crippen LogP contribution in [0.3, 0.4) is 0 Å². The van der Waals surface area contributed by atoms with E-state index < -0.39 is 0 Å². The molecular weight excluding hydrogens is 256 g/mol. The summed E-state index contributed by atoms with van der Waals surface area (Å²) >= 11 is 7.51. The van der Waals surface area contributed by atoms with E-state index in [0.717, 1.165) is 26.2 Å². The number of nitrogens with two attached hydrogens (primary N) is 1. The van der Waals surface area contributed by atoms with E-state index >= 15 is 0 Å². The largest absolute Gasteiger partial charge is 0.486 e. The summed E-state index contributed by atoms with van der Waals surface area (Å²) in [6.45, 7) is 2.94. The Balaban J connectivity index is 1.99. The average Bonchev–Trinajstić information content (AvgIpc) is 2.79. The number of rotatable bonds is 4. The molecule has 0 amide bonds. The molecule has 0 saturated carbocycles. The Kier molecular flexibility index (Phi) is 3.99. The van der Waals surface area contributed by atoms with Gasteiger partial charge in [0.2, 0.25) is 0 Å². The Labute approximate surface area is 109 Å². The van der Waals surface area contributed by atoms with Crippen molar-refractivity contribution in [2.75, 3.05) is 0 Å². The number of aromatic nitrogens is 1. The lowest BCUT2D eigenvalue weighted by Crippen LogP contribution is -1.94. The van der Waals surface area contributed by atoms with Gasteiger partial charge in [0.15, 0.2) is 0 Å². The number of thiazole rings is 1. The third-order valence-electron chi connectivity index (χ3n) is 2.29. The maximum atomic E-state index is 5.94. The van der Waals surface area contributed by atoms with Crippen molar-refractivity contribution in [3.63, 3.8) is 0 Å². The van der Waals surface area contributed by atoms with E-state index in [0.29, 0.717) is 13.2 Å². The van der Waals surface area contributed by atoms with Crippen molar-refractivity contribution in [2.24, 2.45) is 5.73 Å². The normalized spacial score (nSPS) is 10.5. The minimum atomic E-state index is 0.464. The predicted octanol–water partition coefficient (Wildman–Crippen LogP) is 3.14. The van der Waals surface area contributed by atoms with Gasteiger partial charge in [-0.2, -0.15) is 0 Å². The van der Waals surface area contributed by atoms with Gasteiger partial charge in [-0.3, -0.25) is 0 Å². The topological polar surface area (TPSA) is 48.1 Å². The highest BCUT2D eigenvalue weighted by Gasteiger charge is 2.03. The van der Waals surface area contributed by atoms with Crippen LogP contribution in [0, 0.1) is 6.92 Å². The standard InChI is InChI=1S/C12H13ClN2OS/c1-8-4-9(2-3-11(8)13)16-7-12-15-6-10(5-14)17-12/h2-4,6H,5,7,14H2,1H3. The lowest BCUT2D eigenvalue weighted by Gasteiger charge is -2.05. The zero-order valence-electron chi connectivity index (χ0n) is 9.44. The van der Waals surface area contributed by atoms with Crippen LogP contribution in [0.2, 0.25) is 5.02 Å². The fourth-order valence-electron chi connectivity index (χ4n) is 1.36. The second kappa shape index (κ2) is 5.49. The number of benzene rings is 1. The Bertz CT molecular complexity index is 513. The monoisotopic (exact) mass is 268 g/mol. The van der Waals surface area contributed by atoms with E-state index in [1.165, 1.54) is 0 Å². The molecule has 17 heavy (non-hydrogen) atoms. The highest BCUT2D eigenvalue weighted by Crippen LogP contribution is 2.22. The molecule has 5 heteroatoms. The van der Waals surface area contributed by atoms with Gasteiger partial charge in [-0.25, -0.2) is 4.98 Å². The van der Waals surface area contributed by atoms with Gasteiger partial charge in [-0.05, 0) is 30.7 Å². The summed E-state index contributed by atoms with van der Waals surface area (Å²) in [5, 5.41) is 1.68. The molecule has 0 spiro atoms. The maximum absolute atomic E-state index is 5.94.